The highest BCUT2D eigenvalue weighted by Gasteiger charge is 2.17. The van der Waals surface area contributed by atoms with Crippen LogP contribution in [0.2, 0.25) is 0 Å². The molecule has 0 radical (unpaired) electrons. The van der Waals surface area contributed by atoms with Crippen molar-refractivity contribution >= 4 is 37.1 Å². The Balaban J connectivity index is 2.64. The van der Waals surface area contributed by atoms with Crippen molar-refractivity contribution in [1.82, 2.24) is 0 Å². The van der Waals surface area contributed by atoms with E-state index in [2.05, 4.69) is 0 Å². The Bertz CT molecular complexity index is 633. The predicted octanol–water partition coefficient (Wildman–Crippen LogP) is 2.44. The maximum Gasteiger partial charge on any atom is 0.232 e. The molecule has 0 fully saturated rings. The van der Waals surface area contributed by atoms with Gasteiger partial charge in [-0.1, -0.05) is 0 Å². The molecule has 0 aliphatic heterocycles. The summed E-state index contributed by atoms with van der Waals surface area (Å²) in [6.45, 7) is 0. The van der Waals surface area contributed by atoms with Gasteiger partial charge in [-0.05, 0) is 29.0 Å². The van der Waals surface area contributed by atoms with E-state index in [1.807, 2.05) is 11.4 Å². The molecule has 0 aliphatic carbocycles. The molecule has 1 aromatic heterocycles. The first-order valence-corrected chi connectivity index (χ1v) is 7.23. The van der Waals surface area contributed by atoms with E-state index in [1.165, 1.54) is 24.5 Å². The second kappa shape index (κ2) is 3.71. The number of halogens is 1. The molecule has 2 rings (SSSR count). The van der Waals surface area contributed by atoms with E-state index < -0.39 is 15.8 Å². The summed E-state index contributed by atoms with van der Waals surface area (Å²) in [5.41, 5.74) is 0.0772. The highest BCUT2D eigenvalue weighted by Crippen LogP contribution is 2.29. The number of hydrogen-bond donors (Lipinski definition) is 0. The van der Waals surface area contributed by atoms with Crippen LogP contribution in [0, 0.1) is 5.82 Å². The monoisotopic (exact) mass is 259 g/mol. The minimum Gasteiger partial charge on any atom is -0.271 e. The Morgan fingerprint density at radius 1 is 1.38 bits per heavy atom. The van der Waals surface area contributed by atoms with Gasteiger partial charge in [0.25, 0.3) is 0 Å². The fraction of sp³-hybridized carbons (Fsp3) is 0.200. The summed E-state index contributed by atoms with van der Waals surface area (Å²) in [7, 11) is -2.09. The number of anilines is 1. The maximum absolute atomic E-state index is 13.7. The zero-order valence-corrected chi connectivity index (χ0v) is 10.4. The largest absolute Gasteiger partial charge is 0.271 e. The number of sulfonamides is 1. The molecule has 0 aliphatic rings. The maximum atomic E-state index is 13.7. The first-order chi connectivity index (χ1) is 7.39. The molecular formula is C10H10FNO2S2. The van der Waals surface area contributed by atoms with Crippen molar-refractivity contribution < 1.29 is 12.8 Å². The van der Waals surface area contributed by atoms with Gasteiger partial charge in [-0.15, -0.1) is 11.3 Å². The molecule has 0 atom stereocenters. The summed E-state index contributed by atoms with van der Waals surface area (Å²) < 4.78 is 38.1. The van der Waals surface area contributed by atoms with Crippen molar-refractivity contribution in [3.8, 4) is 0 Å². The van der Waals surface area contributed by atoms with E-state index in [4.69, 9.17) is 0 Å². The molecule has 86 valence electrons. The first-order valence-electron chi connectivity index (χ1n) is 4.50. The Kier molecular flexibility index (Phi) is 2.63. The molecule has 0 saturated heterocycles. The highest BCUT2D eigenvalue weighted by molar-refractivity contribution is 7.92. The molecule has 0 bridgehead atoms. The molecule has 0 N–H and O–H groups in total. The van der Waals surface area contributed by atoms with Crippen LogP contribution in [0.3, 0.4) is 0 Å². The lowest BCUT2D eigenvalue weighted by Crippen LogP contribution is -2.25. The van der Waals surface area contributed by atoms with E-state index in [0.29, 0.717) is 0 Å². The van der Waals surface area contributed by atoms with Crippen LogP contribution in [0.1, 0.15) is 0 Å². The van der Waals surface area contributed by atoms with Gasteiger partial charge in [-0.2, -0.15) is 0 Å². The van der Waals surface area contributed by atoms with E-state index >= 15 is 0 Å². The van der Waals surface area contributed by atoms with Crippen molar-refractivity contribution in [3.63, 3.8) is 0 Å². The van der Waals surface area contributed by atoms with Gasteiger partial charge < -0.3 is 0 Å². The lowest BCUT2D eigenvalue weighted by Gasteiger charge is -2.17. The standard InChI is InChI=1S/C10H10FNO2S2/c1-12(16(2,13)14)9-5-7-3-4-15-10(7)6-8(9)11/h3-6H,1-2H3. The van der Waals surface area contributed by atoms with Crippen molar-refractivity contribution in [1.29, 1.82) is 0 Å². The second-order valence-electron chi connectivity index (χ2n) is 3.49. The van der Waals surface area contributed by atoms with Crippen molar-refractivity contribution in [3.05, 3.63) is 29.4 Å². The Morgan fingerprint density at radius 2 is 2.06 bits per heavy atom. The Hall–Kier alpha value is -1.14. The van der Waals surface area contributed by atoms with Crippen LogP contribution < -0.4 is 4.31 Å². The smallest absolute Gasteiger partial charge is 0.232 e. The van der Waals surface area contributed by atoms with Crippen molar-refractivity contribution in [2.24, 2.45) is 0 Å². The molecule has 1 heterocycles. The molecule has 16 heavy (non-hydrogen) atoms. The zero-order valence-electron chi connectivity index (χ0n) is 8.77. The summed E-state index contributed by atoms with van der Waals surface area (Å²) >= 11 is 1.42. The molecule has 0 unspecified atom stereocenters. The summed E-state index contributed by atoms with van der Waals surface area (Å²) in [4.78, 5) is 0. The van der Waals surface area contributed by atoms with Crippen LogP contribution in [0.5, 0.6) is 0 Å². The molecule has 3 nitrogen and oxygen atoms in total. The number of benzene rings is 1. The number of fused-ring (bicyclic) bond motifs is 1. The molecule has 0 saturated carbocycles. The second-order valence-corrected chi connectivity index (χ2v) is 6.45. The van der Waals surface area contributed by atoms with Crippen LogP contribution in [-0.4, -0.2) is 21.7 Å². The minimum atomic E-state index is -3.43. The van der Waals surface area contributed by atoms with Gasteiger partial charge in [0.2, 0.25) is 10.0 Å². The van der Waals surface area contributed by atoms with E-state index in [9.17, 15) is 12.8 Å². The number of thiophene rings is 1. The van der Waals surface area contributed by atoms with E-state index in [1.54, 1.807) is 6.07 Å². The summed E-state index contributed by atoms with van der Waals surface area (Å²) in [6, 6.07) is 4.73. The third-order valence-electron chi connectivity index (χ3n) is 2.36. The van der Waals surface area contributed by atoms with Gasteiger partial charge in [-0.25, -0.2) is 12.8 Å². The average molecular weight is 259 g/mol. The molecular weight excluding hydrogens is 249 g/mol. The van der Waals surface area contributed by atoms with E-state index in [-0.39, 0.29) is 5.69 Å². The van der Waals surface area contributed by atoms with Gasteiger partial charge in [0, 0.05) is 11.7 Å². The normalized spacial score (nSPS) is 11.9. The number of rotatable bonds is 2. The topological polar surface area (TPSA) is 37.4 Å². The summed E-state index contributed by atoms with van der Waals surface area (Å²) in [5.74, 6) is -0.525. The van der Waals surface area contributed by atoms with Gasteiger partial charge >= 0.3 is 0 Å². The first kappa shape index (κ1) is 11.3. The summed E-state index contributed by atoms with van der Waals surface area (Å²) in [5, 5.41) is 2.69. The average Bonchev–Trinajstić information content (AvgIpc) is 2.60. The molecule has 1 aromatic carbocycles. The lowest BCUT2D eigenvalue weighted by atomic mass is 10.2. The van der Waals surface area contributed by atoms with Gasteiger partial charge in [-0.3, -0.25) is 4.31 Å². The fourth-order valence-corrected chi connectivity index (χ4v) is 2.69. The Labute approximate surface area is 97.2 Å². The summed E-state index contributed by atoms with van der Waals surface area (Å²) in [6.07, 6.45) is 1.05. The third-order valence-corrected chi connectivity index (χ3v) is 4.43. The van der Waals surface area contributed by atoms with Crippen LogP contribution in [0.25, 0.3) is 10.1 Å². The lowest BCUT2D eigenvalue weighted by molar-refractivity contribution is 0.595. The Morgan fingerprint density at radius 3 is 2.69 bits per heavy atom. The van der Waals surface area contributed by atoms with Crippen LogP contribution in [0.4, 0.5) is 10.1 Å². The molecule has 6 heteroatoms. The third kappa shape index (κ3) is 1.90. The van der Waals surface area contributed by atoms with Crippen LogP contribution in [0.15, 0.2) is 23.6 Å². The molecule has 2 aromatic rings. The SMILES string of the molecule is CN(c1cc2ccsc2cc1F)S(C)(=O)=O. The molecule has 0 spiro atoms. The van der Waals surface area contributed by atoms with Crippen LogP contribution in [-0.2, 0) is 10.0 Å². The van der Waals surface area contributed by atoms with Crippen molar-refractivity contribution in [2.75, 3.05) is 17.6 Å². The van der Waals surface area contributed by atoms with Gasteiger partial charge in [0.1, 0.15) is 5.82 Å². The van der Waals surface area contributed by atoms with Gasteiger partial charge in [0.05, 0.1) is 11.9 Å². The zero-order chi connectivity index (χ0) is 11.9. The highest BCUT2D eigenvalue weighted by atomic mass is 32.2. The number of hydrogen-bond acceptors (Lipinski definition) is 3. The molecule has 0 amide bonds. The van der Waals surface area contributed by atoms with Crippen molar-refractivity contribution in [2.45, 2.75) is 0 Å². The quantitative estimate of drug-likeness (QED) is 0.830. The number of nitrogens with zero attached hydrogens (tertiary/aromatic N) is 1. The minimum absolute atomic E-state index is 0.0772. The predicted molar refractivity (Wildman–Crippen MR) is 65.0 cm³/mol. The fourth-order valence-electron chi connectivity index (χ4n) is 1.39. The van der Waals surface area contributed by atoms with E-state index in [0.717, 1.165) is 20.6 Å². The van der Waals surface area contributed by atoms with Crippen LogP contribution >= 0.6 is 11.3 Å². The van der Waals surface area contributed by atoms with Gasteiger partial charge in [0.15, 0.2) is 0 Å².